The number of unbranched alkanes of at least 4 members (excludes halogenated alkanes) is 10. The number of carbonyl (C=O) groups is 1. The van der Waals surface area contributed by atoms with Crippen molar-refractivity contribution >= 4 is 5.91 Å². The van der Waals surface area contributed by atoms with Gasteiger partial charge in [-0.05, 0) is 6.42 Å². The van der Waals surface area contributed by atoms with E-state index in [1.165, 1.54) is 64.2 Å². The third-order valence-corrected chi connectivity index (χ3v) is 4.24. The maximum Gasteiger partial charge on any atom is 0.224 e. The fourth-order valence-electron chi connectivity index (χ4n) is 2.76. The maximum absolute atomic E-state index is 11.8. The molecule has 0 saturated carbocycles. The van der Waals surface area contributed by atoms with Crippen LogP contribution in [0.5, 0.6) is 0 Å². The number of amides is 1. The molecule has 0 spiro atoms. The molecule has 0 fully saturated rings. The van der Waals surface area contributed by atoms with Gasteiger partial charge < -0.3 is 5.32 Å². The van der Waals surface area contributed by atoms with Crippen molar-refractivity contribution < 1.29 is 9.36 Å². The van der Waals surface area contributed by atoms with E-state index in [2.05, 4.69) is 12.2 Å². The summed E-state index contributed by atoms with van der Waals surface area (Å²) in [4.78, 5) is 11.8. The van der Waals surface area contributed by atoms with Gasteiger partial charge in [0.05, 0.1) is 0 Å². The van der Waals surface area contributed by atoms with E-state index in [1.54, 1.807) is 0 Å². The predicted molar refractivity (Wildman–Crippen MR) is 95.9 cm³/mol. The van der Waals surface area contributed by atoms with Crippen LogP contribution in [0.3, 0.4) is 0 Å². The first-order chi connectivity index (χ1) is 11.3. The summed E-state index contributed by atoms with van der Waals surface area (Å²) in [7, 11) is 0. The first-order valence-corrected chi connectivity index (χ1v) is 9.53. The molecule has 0 aliphatic carbocycles. The molecule has 0 aliphatic rings. The van der Waals surface area contributed by atoms with Gasteiger partial charge >= 0.3 is 0 Å². The second kappa shape index (κ2) is 14.2. The van der Waals surface area contributed by atoms with Crippen molar-refractivity contribution in [2.75, 3.05) is 0 Å². The van der Waals surface area contributed by atoms with Crippen molar-refractivity contribution in [2.24, 2.45) is 0 Å². The molecule has 23 heavy (non-hydrogen) atoms. The van der Waals surface area contributed by atoms with Crippen molar-refractivity contribution in [2.45, 2.75) is 90.6 Å². The van der Waals surface area contributed by atoms with E-state index in [1.807, 2.05) is 35.2 Å². The Labute approximate surface area is 142 Å². The first kappa shape index (κ1) is 19.7. The summed E-state index contributed by atoms with van der Waals surface area (Å²) in [5.74, 6) is 0.164. The van der Waals surface area contributed by atoms with Crippen LogP contribution in [-0.4, -0.2) is 5.91 Å². The molecule has 1 amide bonds. The van der Waals surface area contributed by atoms with Crippen LogP contribution in [0.4, 0.5) is 0 Å². The highest BCUT2D eigenvalue weighted by atomic mass is 16.1. The average molecular weight is 320 g/mol. The highest BCUT2D eigenvalue weighted by molar-refractivity contribution is 5.75. The lowest BCUT2D eigenvalue weighted by molar-refractivity contribution is -0.700. The largest absolute Gasteiger partial charge is 0.301 e. The summed E-state index contributed by atoms with van der Waals surface area (Å²) in [6.07, 6.45) is 19.1. The standard InChI is InChI=1S/C20H34N2O/c1-2-3-4-5-6-7-8-9-10-11-13-16-20(23)21-19-22-17-14-12-15-18-22/h12,14-15,17-18H,2-11,13,16,19H2,1H3/p+1. The summed E-state index contributed by atoms with van der Waals surface area (Å²) in [6.45, 7) is 2.83. The fourth-order valence-corrected chi connectivity index (χ4v) is 2.76. The second-order valence-electron chi connectivity index (χ2n) is 6.43. The first-order valence-electron chi connectivity index (χ1n) is 9.53. The Morgan fingerprint density at radius 3 is 1.87 bits per heavy atom. The molecule has 0 radical (unpaired) electrons. The van der Waals surface area contributed by atoms with Gasteiger partial charge in [0.2, 0.25) is 12.6 Å². The number of nitrogens with one attached hydrogen (secondary N) is 1. The van der Waals surface area contributed by atoms with Crippen molar-refractivity contribution in [3.05, 3.63) is 30.6 Å². The number of aromatic nitrogens is 1. The number of pyridine rings is 1. The Bertz CT molecular complexity index is 392. The number of hydrogen-bond donors (Lipinski definition) is 1. The van der Waals surface area contributed by atoms with Crippen LogP contribution < -0.4 is 9.88 Å². The van der Waals surface area contributed by atoms with Crippen molar-refractivity contribution in [3.63, 3.8) is 0 Å². The lowest BCUT2D eigenvalue weighted by Gasteiger charge is -2.03. The average Bonchev–Trinajstić information content (AvgIpc) is 2.59. The van der Waals surface area contributed by atoms with Crippen LogP contribution in [0.15, 0.2) is 30.6 Å². The molecule has 1 aromatic rings. The third-order valence-electron chi connectivity index (χ3n) is 4.24. The van der Waals surface area contributed by atoms with Gasteiger partial charge in [-0.1, -0.05) is 77.2 Å². The molecule has 0 unspecified atom stereocenters. The molecule has 1 heterocycles. The molecule has 130 valence electrons. The van der Waals surface area contributed by atoms with Gasteiger partial charge in [-0.3, -0.25) is 4.79 Å². The maximum atomic E-state index is 11.8. The SMILES string of the molecule is CCCCCCCCCCCCCC(=O)NC[n+]1ccccc1. The third kappa shape index (κ3) is 11.8. The van der Waals surface area contributed by atoms with Crippen molar-refractivity contribution in [1.29, 1.82) is 0 Å². The minimum absolute atomic E-state index is 0.164. The molecule has 3 nitrogen and oxygen atoms in total. The van der Waals surface area contributed by atoms with E-state index in [0.29, 0.717) is 13.1 Å². The lowest BCUT2D eigenvalue weighted by Crippen LogP contribution is -2.42. The normalized spacial score (nSPS) is 10.7. The molecule has 0 aromatic carbocycles. The molecular formula is C20H35N2O+. The van der Waals surface area contributed by atoms with Crippen LogP contribution >= 0.6 is 0 Å². The summed E-state index contributed by atoms with van der Waals surface area (Å²) in [5, 5.41) is 2.96. The number of rotatable bonds is 14. The molecule has 3 heteroatoms. The Morgan fingerprint density at radius 2 is 1.30 bits per heavy atom. The van der Waals surface area contributed by atoms with Crippen LogP contribution in [0.1, 0.15) is 84.0 Å². The van der Waals surface area contributed by atoms with Gasteiger partial charge in [0.15, 0.2) is 12.4 Å². The monoisotopic (exact) mass is 319 g/mol. The lowest BCUT2D eigenvalue weighted by atomic mass is 10.1. The Hall–Kier alpha value is -1.38. The van der Waals surface area contributed by atoms with Gasteiger partial charge in [0.25, 0.3) is 0 Å². The fraction of sp³-hybridized carbons (Fsp3) is 0.700. The molecule has 1 aromatic heterocycles. The van der Waals surface area contributed by atoms with Crippen molar-refractivity contribution in [3.8, 4) is 0 Å². The molecule has 1 rings (SSSR count). The Morgan fingerprint density at radius 1 is 0.783 bits per heavy atom. The molecule has 0 atom stereocenters. The van der Waals surface area contributed by atoms with E-state index >= 15 is 0 Å². The zero-order valence-corrected chi connectivity index (χ0v) is 14.9. The van der Waals surface area contributed by atoms with E-state index < -0.39 is 0 Å². The van der Waals surface area contributed by atoms with Gasteiger partial charge in [-0.15, -0.1) is 0 Å². The van der Waals surface area contributed by atoms with Gasteiger partial charge in [0, 0.05) is 18.6 Å². The number of carbonyl (C=O) groups excluding carboxylic acids is 1. The summed E-state index contributed by atoms with van der Waals surface area (Å²) in [6, 6.07) is 5.91. The Balaban J connectivity index is 1.84. The van der Waals surface area contributed by atoms with E-state index in [-0.39, 0.29) is 5.91 Å². The molecule has 0 bridgehead atoms. The van der Waals surface area contributed by atoms with E-state index in [4.69, 9.17) is 0 Å². The molecular weight excluding hydrogens is 284 g/mol. The van der Waals surface area contributed by atoms with E-state index in [0.717, 1.165) is 6.42 Å². The van der Waals surface area contributed by atoms with Gasteiger partial charge in [0.1, 0.15) is 0 Å². The molecule has 1 N–H and O–H groups in total. The number of hydrogen-bond acceptors (Lipinski definition) is 1. The van der Waals surface area contributed by atoms with Crippen LogP contribution in [0, 0.1) is 0 Å². The van der Waals surface area contributed by atoms with Gasteiger partial charge in [-0.25, -0.2) is 0 Å². The van der Waals surface area contributed by atoms with Crippen LogP contribution in [-0.2, 0) is 11.5 Å². The zero-order chi connectivity index (χ0) is 16.6. The zero-order valence-electron chi connectivity index (χ0n) is 14.9. The topological polar surface area (TPSA) is 33.0 Å². The minimum Gasteiger partial charge on any atom is -0.301 e. The highest BCUT2D eigenvalue weighted by Crippen LogP contribution is 2.11. The summed E-state index contributed by atoms with van der Waals surface area (Å²) < 4.78 is 1.97. The quantitative estimate of drug-likeness (QED) is 0.389. The summed E-state index contributed by atoms with van der Waals surface area (Å²) >= 11 is 0. The molecule has 0 aliphatic heterocycles. The summed E-state index contributed by atoms with van der Waals surface area (Å²) in [5.41, 5.74) is 0. The molecule has 0 saturated heterocycles. The van der Waals surface area contributed by atoms with E-state index in [9.17, 15) is 4.79 Å². The predicted octanol–water partition coefficient (Wildman–Crippen LogP) is 4.75. The Kier molecular flexibility index (Phi) is 12.2. The smallest absolute Gasteiger partial charge is 0.224 e. The number of nitrogens with zero attached hydrogens (tertiary/aromatic N) is 1. The van der Waals surface area contributed by atoms with Crippen LogP contribution in [0.25, 0.3) is 0 Å². The second-order valence-corrected chi connectivity index (χ2v) is 6.43. The van der Waals surface area contributed by atoms with Crippen molar-refractivity contribution in [1.82, 2.24) is 5.32 Å². The van der Waals surface area contributed by atoms with Crippen LogP contribution in [0.2, 0.25) is 0 Å². The highest BCUT2D eigenvalue weighted by Gasteiger charge is 2.03. The minimum atomic E-state index is 0.164. The van der Waals surface area contributed by atoms with Gasteiger partial charge in [-0.2, -0.15) is 4.57 Å².